The van der Waals surface area contributed by atoms with Gasteiger partial charge in [0.1, 0.15) is 0 Å². The van der Waals surface area contributed by atoms with E-state index in [1.54, 1.807) is 24.3 Å². The zero-order valence-corrected chi connectivity index (χ0v) is 14.6. The van der Waals surface area contributed by atoms with Gasteiger partial charge in [-0.3, -0.25) is 4.79 Å². The number of nitrogens with one attached hydrogen (secondary N) is 1. The highest BCUT2D eigenvalue weighted by Crippen LogP contribution is 2.49. The van der Waals surface area contributed by atoms with Crippen LogP contribution < -0.4 is 5.32 Å². The molecule has 5 heteroatoms. The van der Waals surface area contributed by atoms with Crippen LogP contribution in [0.1, 0.15) is 48.5 Å². The highest BCUT2D eigenvalue weighted by atomic mass is 32.2. The van der Waals surface area contributed by atoms with Gasteiger partial charge in [-0.15, -0.1) is 0 Å². The van der Waals surface area contributed by atoms with Gasteiger partial charge in [0.15, 0.2) is 9.84 Å². The van der Waals surface area contributed by atoms with Crippen molar-refractivity contribution in [1.29, 1.82) is 0 Å². The van der Waals surface area contributed by atoms with Gasteiger partial charge in [-0.05, 0) is 61.6 Å². The molecule has 2 aliphatic rings. The molecule has 1 aromatic rings. The van der Waals surface area contributed by atoms with Crippen molar-refractivity contribution in [1.82, 2.24) is 5.32 Å². The van der Waals surface area contributed by atoms with Gasteiger partial charge in [0.05, 0.1) is 5.75 Å². The van der Waals surface area contributed by atoms with Crippen LogP contribution in [-0.2, 0) is 15.6 Å². The van der Waals surface area contributed by atoms with Crippen LogP contribution in [0.2, 0.25) is 0 Å². The Morgan fingerprint density at radius 1 is 1.22 bits per heavy atom. The van der Waals surface area contributed by atoms with E-state index in [0.717, 1.165) is 11.8 Å². The molecular formula is C18H25NO3S. The van der Waals surface area contributed by atoms with Crippen molar-refractivity contribution in [2.45, 2.75) is 44.4 Å². The lowest BCUT2D eigenvalue weighted by atomic mass is 9.84. The highest BCUT2D eigenvalue weighted by molar-refractivity contribution is 7.89. The van der Waals surface area contributed by atoms with Crippen LogP contribution >= 0.6 is 0 Å². The molecule has 4 atom stereocenters. The first kappa shape index (κ1) is 16.5. The molecule has 0 unspecified atom stereocenters. The minimum absolute atomic E-state index is 0.0104. The quantitative estimate of drug-likeness (QED) is 0.900. The zero-order chi connectivity index (χ0) is 16.6. The van der Waals surface area contributed by atoms with Crippen molar-refractivity contribution in [2.75, 3.05) is 6.26 Å². The van der Waals surface area contributed by atoms with Crippen LogP contribution in [0.4, 0.5) is 0 Å². The molecular weight excluding hydrogens is 310 g/mol. The van der Waals surface area contributed by atoms with Crippen LogP contribution in [0.5, 0.6) is 0 Å². The van der Waals surface area contributed by atoms with Gasteiger partial charge in [0.2, 0.25) is 0 Å². The van der Waals surface area contributed by atoms with Crippen LogP contribution in [0, 0.1) is 17.8 Å². The maximum Gasteiger partial charge on any atom is 0.251 e. The van der Waals surface area contributed by atoms with E-state index < -0.39 is 9.84 Å². The number of fused-ring (bicyclic) bond motifs is 2. The van der Waals surface area contributed by atoms with Gasteiger partial charge in [-0.2, -0.15) is 0 Å². The molecule has 0 spiro atoms. The second-order valence-corrected chi connectivity index (χ2v) is 9.51. The molecule has 2 bridgehead atoms. The summed E-state index contributed by atoms with van der Waals surface area (Å²) in [6, 6.07) is 7.07. The van der Waals surface area contributed by atoms with E-state index in [1.165, 1.54) is 31.9 Å². The Bertz CT molecular complexity index is 681. The molecule has 126 valence electrons. The van der Waals surface area contributed by atoms with E-state index in [4.69, 9.17) is 0 Å². The summed E-state index contributed by atoms with van der Waals surface area (Å²) in [6.45, 7) is 2.11. The molecule has 1 amide bonds. The molecule has 23 heavy (non-hydrogen) atoms. The van der Waals surface area contributed by atoms with Crippen molar-refractivity contribution in [3.05, 3.63) is 35.4 Å². The number of hydrogen-bond donors (Lipinski definition) is 1. The standard InChI is InChI=1S/C18H25NO3S/c1-12(17-10-14-5-8-16(17)9-14)19-18(20)15-6-3-13(4-7-15)11-23(2,21)22/h3-4,6-7,12,14,16-17H,5,8-11H2,1-2H3,(H,19,20)/t12-,14+,16+,17-/m0/s1. The third-order valence-electron chi connectivity index (χ3n) is 5.44. The Morgan fingerprint density at radius 3 is 2.43 bits per heavy atom. The lowest BCUT2D eigenvalue weighted by Gasteiger charge is -2.28. The Labute approximate surface area is 138 Å². The molecule has 3 rings (SSSR count). The molecule has 0 aromatic heterocycles. The monoisotopic (exact) mass is 335 g/mol. The summed E-state index contributed by atoms with van der Waals surface area (Å²) in [5, 5.41) is 3.13. The summed E-state index contributed by atoms with van der Waals surface area (Å²) in [5.74, 6) is 2.22. The summed E-state index contributed by atoms with van der Waals surface area (Å²) < 4.78 is 22.6. The van der Waals surface area contributed by atoms with Gasteiger partial charge < -0.3 is 5.32 Å². The second-order valence-electron chi connectivity index (χ2n) is 7.37. The molecule has 0 saturated heterocycles. The van der Waals surface area contributed by atoms with E-state index in [-0.39, 0.29) is 17.7 Å². The van der Waals surface area contributed by atoms with E-state index in [1.807, 2.05) is 0 Å². The molecule has 2 saturated carbocycles. The number of carbonyl (C=O) groups excluding carboxylic acids is 1. The number of amides is 1. The molecule has 4 nitrogen and oxygen atoms in total. The summed E-state index contributed by atoms with van der Waals surface area (Å²) in [4.78, 5) is 12.4. The first-order valence-electron chi connectivity index (χ1n) is 8.39. The number of benzene rings is 1. The number of carbonyl (C=O) groups is 1. The van der Waals surface area contributed by atoms with Gasteiger partial charge in [0.25, 0.3) is 5.91 Å². The fourth-order valence-electron chi connectivity index (χ4n) is 4.36. The maximum atomic E-state index is 12.4. The first-order valence-corrected chi connectivity index (χ1v) is 10.5. The predicted octanol–water partition coefficient (Wildman–Crippen LogP) is 2.79. The van der Waals surface area contributed by atoms with Crippen molar-refractivity contribution >= 4 is 15.7 Å². The van der Waals surface area contributed by atoms with E-state index >= 15 is 0 Å². The molecule has 1 N–H and O–H groups in total. The Balaban J connectivity index is 1.59. The first-order chi connectivity index (χ1) is 10.8. The molecule has 0 aliphatic heterocycles. The Hall–Kier alpha value is -1.36. The molecule has 2 aliphatic carbocycles. The summed E-state index contributed by atoms with van der Waals surface area (Å²) in [7, 11) is -3.05. The van der Waals surface area contributed by atoms with Gasteiger partial charge in [0, 0.05) is 17.9 Å². The van der Waals surface area contributed by atoms with Gasteiger partial charge in [-0.1, -0.05) is 18.6 Å². The van der Waals surface area contributed by atoms with Crippen LogP contribution in [0.25, 0.3) is 0 Å². The maximum absolute atomic E-state index is 12.4. The topological polar surface area (TPSA) is 63.2 Å². The summed E-state index contributed by atoms with van der Waals surface area (Å²) in [5.41, 5.74) is 1.31. The average molecular weight is 335 g/mol. The molecule has 1 aromatic carbocycles. The smallest absolute Gasteiger partial charge is 0.251 e. The van der Waals surface area contributed by atoms with E-state index in [0.29, 0.717) is 17.0 Å². The average Bonchev–Trinajstić information content (AvgIpc) is 3.08. The largest absolute Gasteiger partial charge is 0.349 e. The van der Waals surface area contributed by atoms with Gasteiger partial charge >= 0.3 is 0 Å². The highest BCUT2D eigenvalue weighted by Gasteiger charge is 2.42. The van der Waals surface area contributed by atoms with Crippen LogP contribution in [0.3, 0.4) is 0 Å². The van der Waals surface area contributed by atoms with Crippen LogP contribution in [0.15, 0.2) is 24.3 Å². The lowest BCUT2D eigenvalue weighted by Crippen LogP contribution is -2.40. The van der Waals surface area contributed by atoms with E-state index in [9.17, 15) is 13.2 Å². The number of rotatable bonds is 5. The second kappa shape index (κ2) is 6.27. The summed E-state index contributed by atoms with van der Waals surface area (Å²) >= 11 is 0. The van der Waals surface area contributed by atoms with Crippen molar-refractivity contribution in [3.63, 3.8) is 0 Å². The minimum atomic E-state index is -3.05. The Morgan fingerprint density at radius 2 is 1.91 bits per heavy atom. The fourth-order valence-corrected chi connectivity index (χ4v) is 5.16. The molecule has 2 fully saturated rings. The van der Waals surface area contributed by atoms with Crippen LogP contribution in [-0.4, -0.2) is 26.6 Å². The SMILES string of the molecule is C[C@H](NC(=O)c1ccc(CS(C)(=O)=O)cc1)[C@@H]1C[C@@H]2CC[C@@H]1C2. The van der Waals surface area contributed by atoms with Crippen molar-refractivity contribution < 1.29 is 13.2 Å². The molecule has 0 radical (unpaired) electrons. The normalized spacial score (nSPS) is 27.8. The number of hydrogen-bond acceptors (Lipinski definition) is 3. The van der Waals surface area contributed by atoms with Gasteiger partial charge in [-0.25, -0.2) is 8.42 Å². The molecule has 0 heterocycles. The van der Waals surface area contributed by atoms with E-state index in [2.05, 4.69) is 12.2 Å². The predicted molar refractivity (Wildman–Crippen MR) is 90.9 cm³/mol. The third kappa shape index (κ3) is 3.94. The van der Waals surface area contributed by atoms with Crippen molar-refractivity contribution in [3.8, 4) is 0 Å². The number of sulfone groups is 1. The Kier molecular flexibility index (Phi) is 4.50. The zero-order valence-electron chi connectivity index (χ0n) is 13.8. The lowest BCUT2D eigenvalue weighted by molar-refractivity contribution is 0.0915. The third-order valence-corrected chi connectivity index (χ3v) is 6.30. The van der Waals surface area contributed by atoms with Crippen molar-refractivity contribution in [2.24, 2.45) is 17.8 Å². The minimum Gasteiger partial charge on any atom is -0.349 e. The summed E-state index contributed by atoms with van der Waals surface area (Å²) in [6.07, 6.45) is 6.48. The fraction of sp³-hybridized carbons (Fsp3) is 0.611.